The molecule has 6 aliphatic carbocycles. The predicted octanol–water partition coefficient (Wildman–Crippen LogP) is 15.1. The van der Waals surface area contributed by atoms with Gasteiger partial charge in [0.1, 0.15) is 57.8 Å². The van der Waals surface area contributed by atoms with E-state index in [9.17, 15) is 43.2 Å². The maximum absolute atomic E-state index is 13.0. The van der Waals surface area contributed by atoms with Crippen LogP contribution in [0.25, 0.3) is 33.4 Å². The summed E-state index contributed by atoms with van der Waals surface area (Å²) in [6.07, 6.45) is 6.66. The molecule has 12 rings (SSSR count). The van der Waals surface area contributed by atoms with Crippen LogP contribution in [-0.4, -0.2) is 169 Å². The summed E-state index contributed by atoms with van der Waals surface area (Å²) in [4.78, 5) is 115. The Morgan fingerprint density at radius 1 is 0.314 bits per heavy atom. The van der Waals surface area contributed by atoms with Gasteiger partial charge in [-0.25, -0.2) is 28.8 Å². The monoisotopic (exact) mass is 1660 g/mol. The number of rotatable bonds is 27. The Labute approximate surface area is 715 Å². The van der Waals surface area contributed by atoms with Crippen LogP contribution in [0.15, 0.2) is 146 Å². The van der Waals surface area contributed by atoms with Crippen LogP contribution < -0.4 is 31.9 Å². The average Bonchev–Trinajstić information content (AvgIpc) is 1.63. The number of hydrogen-bond acceptors (Lipinski definition) is 18. The molecule has 121 heavy (non-hydrogen) atoms. The van der Waals surface area contributed by atoms with E-state index in [2.05, 4.69) is 104 Å². The van der Waals surface area contributed by atoms with Crippen LogP contribution in [0.1, 0.15) is 199 Å². The molecule has 0 spiro atoms. The van der Waals surface area contributed by atoms with Gasteiger partial charge in [-0.05, 0) is 185 Å². The van der Waals surface area contributed by atoms with Gasteiger partial charge in [-0.3, -0.25) is 14.4 Å². The predicted molar refractivity (Wildman–Crippen MR) is 467 cm³/mol. The van der Waals surface area contributed by atoms with Gasteiger partial charge in [0.25, 0.3) is 0 Å². The van der Waals surface area contributed by atoms with E-state index in [0.29, 0.717) is 58.3 Å². The van der Waals surface area contributed by atoms with Crippen molar-refractivity contribution in [3.63, 3.8) is 0 Å². The molecule has 6 amide bonds. The summed E-state index contributed by atoms with van der Waals surface area (Å²) in [5, 5.41) is 16.5. The number of amides is 6. The number of carbonyl (C=O) groups excluding carboxylic acids is 9. The molecule has 6 aliphatic rings. The van der Waals surface area contributed by atoms with E-state index in [1.807, 2.05) is 109 Å². The van der Waals surface area contributed by atoms with Crippen molar-refractivity contribution in [2.24, 2.45) is 17.8 Å². The standard InChI is InChI=1S/3C31H36N2O6.4CH4/c3*1-4-5-18-38-22-16-14-21(15-17-22)29(34)33-28(30(35)37-3)20(2)32-31(36)39-19-27-25-12-8-6-10-23(25)24-11-7-9-13-26(24)27;;;;/h3*6-13,20-22,27-28H,14-19H2,1-3H3,(H,32,36)(H,33,34);4*1H4/t3*20-,21?,22?,28+;;;;/m111..../s1. The fourth-order valence-electron chi connectivity index (χ4n) is 16.3. The van der Waals surface area contributed by atoms with Crippen LogP contribution in [0.3, 0.4) is 0 Å². The minimum atomic E-state index is -1.04. The van der Waals surface area contributed by atoms with Gasteiger partial charge < -0.3 is 74.5 Å². The Hall–Kier alpha value is -11.5. The van der Waals surface area contributed by atoms with Crippen molar-refractivity contribution in [3.8, 4) is 68.9 Å². The molecule has 0 heterocycles. The number of nitrogens with one attached hydrogen (secondary N) is 6. The summed E-state index contributed by atoms with van der Waals surface area (Å²) in [6, 6.07) is 43.2. The molecular formula is C97H124N6O18. The van der Waals surface area contributed by atoms with Gasteiger partial charge in [0, 0.05) is 35.5 Å². The van der Waals surface area contributed by atoms with Crippen LogP contribution in [0, 0.1) is 53.3 Å². The fourth-order valence-corrected chi connectivity index (χ4v) is 16.3. The highest BCUT2D eigenvalue weighted by molar-refractivity contribution is 5.89. The quantitative estimate of drug-likeness (QED) is 0.0159. The molecular weight excluding hydrogens is 1540 g/mol. The fraction of sp³-hybridized carbons (Fsp3) is 0.474. The molecule has 6 atom stereocenters. The van der Waals surface area contributed by atoms with Crippen molar-refractivity contribution in [2.75, 3.05) is 61.0 Å². The van der Waals surface area contributed by atoms with Gasteiger partial charge in [0.2, 0.25) is 17.7 Å². The zero-order chi connectivity index (χ0) is 83.3. The van der Waals surface area contributed by atoms with E-state index in [-0.39, 0.29) is 121 Å². The largest absolute Gasteiger partial charge is 0.467 e. The van der Waals surface area contributed by atoms with E-state index in [4.69, 9.17) is 42.6 Å². The number of carbonyl (C=O) groups is 9. The molecule has 6 aromatic rings. The summed E-state index contributed by atoms with van der Waals surface area (Å²) >= 11 is 0. The number of benzene rings is 6. The Morgan fingerprint density at radius 2 is 0.512 bits per heavy atom. The second-order valence-corrected chi connectivity index (χ2v) is 29.9. The van der Waals surface area contributed by atoms with E-state index in [1.165, 1.54) is 21.3 Å². The zero-order valence-electron chi connectivity index (χ0n) is 68.1. The molecule has 0 unspecified atom stereocenters. The second kappa shape index (κ2) is 49.3. The van der Waals surface area contributed by atoms with Gasteiger partial charge >= 0.3 is 36.2 Å². The lowest BCUT2D eigenvalue weighted by Crippen LogP contribution is -2.56. The van der Waals surface area contributed by atoms with Crippen molar-refractivity contribution in [3.05, 3.63) is 179 Å². The van der Waals surface area contributed by atoms with Crippen molar-refractivity contribution in [2.45, 2.75) is 221 Å². The number of methoxy groups -OCH3 is 3. The van der Waals surface area contributed by atoms with Gasteiger partial charge in [0.05, 0.1) is 57.8 Å². The van der Waals surface area contributed by atoms with Crippen LogP contribution in [0.5, 0.6) is 0 Å². The maximum Gasteiger partial charge on any atom is 0.407 e. The summed E-state index contributed by atoms with van der Waals surface area (Å²) in [6.45, 7) is 11.9. The maximum atomic E-state index is 13.0. The lowest BCUT2D eigenvalue weighted by molar-refractivity contribution is -0.146. The highest BCUT2D eigenvalue weighted by atomic mass is 16.6. The first kappa shape index (κ1) is 98.3. The molecule has 0 aliphatic heterocycles. The third-order valence-corrected chi connectivity index (χ3v) is 22.7. The number of hydrogen-bond donors (Lipinski definition) is 6. The Balaban J connectivity index is 0.000000277. The van der Waals surface area contributed by atoms with Crippen molar-refractivity contribution in [1.29, 1.82) is 0 Å². The van der Waals surface area contributed by atoms with Crippen LogP contribution in [0.4, 0.5) is 14.4 Å². The minimum absolute atomic E-state index is 0. The average molecular weight is 1660 g/mol. The first-order valence-corrected chi connectivity index (χ1v) is 40.3. The highest BCUT2D eigenvalue weighted by Gasteiger charge is 2.40. The van der Waals surface area contributed by atoms with E-state index in [1.54, 1.807) is 41.5 Å². The third kappa shape index (κ3) is 26.3. The number of alkyl carbamates (subject to hydrolysis) is 3. The van der Waals surface area contributed by atoms with Gasteiger partial charge in [-0.2, -0.15) is 0 Å². The number of ether oxygens (including phenoxy) is 9. The summed E-state index contributed by atoms with van der Waals surface area (Å²) in [7, 11) is 3.76. The van der Waals surface area contributed by atoms with E-state index < -0.39 is 72.4 Å². The lowest BCUT2D eigenvalue weighted by Gasteiger charge is -2.30. The molecule has 0 radical (unpaired) electrons. The van der Waals surface area contributed by atoms with Crippen LogP contribution in [0.2, 0.25) is 0 Å². The molecule has 24 nitrogen and oxygen atoms in total. The number of fused-ring (bicyclic) bond motifs is 9. The highest BCUT2D eigenvalue weighted by Crippen LogP contribution is 2.47. The summed E-state index contributed by atoms with van der Waals surface area (Å²) < 4.78 is 48.8. The van der Waals surface area contributed by atoms with Crippen molar-refractivity contribution < 1.29 is 85.8 Å². The van der Waals surface area contributed by atoms with Crippen LogP contribution >= 0.6 is 0 Å². The second-order valence-electron chi connectivity index (χ2n) is 29.9. The first-order chi connectivity index (χ1) is 56.8. The molecule has 0 aromatic heterocycles. The Kier molecular flexibility index (Phi) is 40.1. The normalized spacial score (nSPS) is 18.7. The number of esters is 3. The first-order valence-electron chi connectivity index (χ1n) is 40.3. The molecule has 6 N–H and O–H groups in total. The van der Waals surface area contributed by atoms with Crippen molar-refractivity contribution in [1.82, 2.24) is 31.9 Å². The third-order valence-electron chi connectivity index (χ3n) is 22.7. The molecule has 0 bridgehead atoms. The van der Waals surface area contributed by atoms with Gasteiger partial charge in [-0.15, -0.1) is 17.8 Å². The van der Waals surface area contributed by atoms with E-state index in [0.717, 1.165) is 105 Å². The molecule has 650 valence electrons. The smallest absolute Gasteiger partial charge is 0.407 e. The summed E-state index contributed by atoms with van der Waals surface area (Å²) in [5.74, 6) is 13.5. The topological polar surface area (TPSA) is 309 Å². The molecule has 6 aromatic carbocycles. The van der Waals surface area contributed by atoms with Crippen LogP contribution in [-0.2, 0) is 71.4 Å². The SMILES string of the molecule is C.C.C.C.CC#CCOC1CCC(C(=O)N[C@H](C(=O)OC)[C@@H](C)NC(=O)OCC2c3ccccc3-c3ccccc32)CC1.CC#CCOC1CCC(C(=O)N[C@H](C(=O)OC)[C@@H](C)NC(=O)OCC2c3ccccc3-c3ccccc32)CC1.CC#CCOC1CCC(C(=O)N[C@H](C(=O)OC)[C@@H](C)NC(=O)OCC2c3ccccc3-c3ccccc32)CC1. The summed E-state index contributed by atoms with van der Waals surface area (Å²) in [5.41, 5.74) is 13.5. The minimum Gasteiger partial charge on any atom is -0.467 e. The van der Waals surface area contributed by atoms with E-state index >= 15 is 0 Å². The molecule has 0 saturated heterocycles. The molecule has 24 heteroatoms. The Bertz CT molecular complexity index is 4050. The van der Waals surface area contributed by atoms with Gasteiger partial charge in [-0.1, -0.05) is 193 Å². The molecule has 3 saturated carbocycles. The molecule has 3 fully saturated rings. The van der Waals surface area contributed by atoms with Crippen molar-refractivity contribution >= 4 is 53.9 Å². The van der Waals surface area contributed by atoms with Gasteiger partial charge in [0.15, 0.2) is 0 Å². The lowest BCUT2D eigenvalue weighted by atomic mass is 9.86. The zero-order valence-corrected chi connectivity index (χ0v) is 68.1. The Morgan fingerprint density at radius 3 is 0.702 bits per heavy atom.